The van der Waals surface area contributed by atoms with Gasteiger partial charge >= 0.3 is 5.97 Å². The highest BCUT2D eigenvalue weighted by Gasteiger charge is 2.18. The van der Waals surface area contributed by atoms with E-state index in [1.807, 2.05) is 37.5 Å². The van der Waals surface area contributed by atoms with Crippen LogP contribution < -0.4 is 0 Å². The quantitative estimate of drug-likeness (QED) is 0.798. The number of aromatic nitrogens is 2. The van der Waals surface area contributed by atoms with Crippen LogP contribution in [0.25, 0.3) is 11.0 Å². The van der Waals surface area contributed by atoms with E-state index in [1.54, 1.807) is 18.2 Å². The molecule has 0 fully saturated rings. The third-order valence-corrected chi connectivity index (χ3v) is 3.67. The van der Waals surface area contributed by atoms with Gasteiger partial charge in [0.2, 0.25) is 0 Å². The topological polar surface area (TPSA) is 68.3 Å². The molecular formula is C16H16N2O3. The predicted molar refractivity (Wildman–Crippen MR) is 78.7 cm³/mol. The van der Waals surface area contributed by atoms with Crippen LogP contribution >= 0.6 is 0 Å². The molecule has 1 aromatic carbocycles. The van der Waals surface area contributed by atoms with Crippen molar-refractivity contribution in [2.24, 2.45) is 0 Å². The Morgan fingerprint density at radius 1 is 1.29 bits per heavy atom. The van der Waals surface area contributed by atoms with Gasteiger partial charge in [-0.05, 0) is 51.1 Å². The summed E-state index contributed by atoms with van der Waals surface area (Å²) in [5, 5.41) is 9.15. The Hall–Kier alpha value is -2.56. The van der Waals surface area contributed by atoms with Gasteiger partial charge in [0, 0.05) is 0 Å². The second kappa shape index (κ2) is 4.77. The fourth-order valence-electron chi connectivity index (χ4n) is 2.64. The monoisotopic (exact) mass is 284 g/mol. The molecule has 0 bridgehead atoms. The molecule has 0 aliphatic carbocycles. The van der Waals surface area contributed by atoms with Gasteiger partial charge in [0.1, 0.15) is 17.3 Å². The first-order valence-corrected chi connectivity index (χ1v) is 6.75. The van der Waals surface area contributed by atoms with E-state index in [9.17, 15) is 4.79 Å². The molecule has 5 nitrogen and oxygen atoms in total. The number of benzene rings is 1. The molecule has 0 saturated heterocycles. The molecule has 3 rings (SSSR count). The molecule has 1 unspecified atom stereocenters. The molecule has 1 atom stereocenters. The lowest BCUT2D eigenvalue weighted by atomic mass is 10.2. The van der Waals surface area contributed by atoms with Crippen molar-refractivity contribution in [2.75, 3.05) is 0 Å². The summed E-state index contributed by atoms with van der Waals surface area (Å²) < 4.78 is 7.69. The molecule has 0 spiro atoms. The van der Waals surface area contributed by atoms with Crippen molar-refractivity contribution in [3.63, 3.8) is 0 Å². The Kier molecular flexibility index (Phi) is 3.05. The first kappa shape index (κ1) is 13.4. The van der Waals surface area contributed by atoms with Crippen LogP contribution in [0.1, 0.15) is 40.7 Å². The molecular weight excluding hydrogens is 268 g/mol. The molecule has 21 heavy (non-hydrogen) atoms. The van der Waals surface area contributed by atoms with E-state index in [4.69, 9.17) is 9.52 Å². The maximum Gasteiger partial charge on any atom is 0.335 e. The summed E-state index contributed by atoms with van der Waals surface area (Å²) in [6.45, 7) is 5.82. The summed E-state index contributed by atoms with van der Waals surface area (Å²) in [5.74, 6) is 1.57. The standard InChI is InChI=1S/C16H16N2O3/c1-9-4-7-15(21-9)10(2)18-11(3)17-13-6-5-12(16(19)20)8-14(13)18/h4-8,10H,1-3H3,(H,19,20). The van der Waals surface area contributed by atoms with Crippen molar-refractivity contribution in [1.82, 2.24) is 9.55 Å². The average Bonchev–Trinajstić information content (AvgIpc) is 3.00. The van der Waals surface area contributed by atoms with Gasteiger partial charge in [-0.3, -0.25) is 0 Å². The Bertz CT molecular complexity index is 829. The number of nitrogens with zero attached hydrogens (tertiary/aromatic N) is 2. The van der Waals surface area contributed by atoms with E-state index < -0.39 is 5.97 Å². The van der Waals surface area contributed by atoms with Crippen LogP contribution in [0.4, 0.5) is 0 Å². The number of hydrogen-bond donors (Lipinski definition) is 1. The van der Waals surface area contributed by atoms with Gasteiger partial charge in [0.05, 0.1) is 22.6 Å². The summed E-state index contributed by atoms with van der Waals surface area (Å²) in [6.07, 6.45) is 0. The predicted octanol–water partition coefficient (Wildman–Crippen LogP) is 3.55. The van der Waals surface area contributed by atoms with Crippen LogP contribution in [0.5, 0.6) is 0 Å². The van der Waals surface area contributed by atoms with Crippen LogP contribution in [0.3, 0.4) is 0 Å². The number of aromatic carboxylic acids is 1. The maximum atomic E-state index is 11.2. The van der Waals surface area contributed by atoms with E-state index in [1.165, 1.54) is 0 Å². The Morgan fingerprint density at radius 2 is 2.05 bits per heavy atom. The molecule has 0 amide bonds. The third-order valence-electron chi connectivity index (χ3n) is 3.67. The number of carbonyl (C=O) groups is 1. The number of hydrogen-bond acceptors (Lipinski definition) is 3. The zero-order chi connectivity index (χ0) is 15.1. The van der Waals surface area contributed by atoms with Gasteiger partial charge in [-0.1, -0.05) is 0 Å². The van der Waals surface area contributed by atoms with Crippen molar-refractivity contribution < 1.29 is 14.3 Å². The van der Waals surface area contributed by atoms with E-state index >= 15 is 0 Å². The third kappa shape index (κ3) is 2.20. The van der Waals surface area contributed by atoms with Crippen molar-refractivity contribution in [3.8, 4) is 0 Å². The van der Waals surface area contributed by atoms with E-state index in [-0.39, 0.29) is 11.6 Å². The largest absolute Gasteiger partial charge is 0.478 e. The Morgan fingerprint density at radius 3 is 2.67 bits per heavy atom. The van der Waals surface area contributed by atoms with Gasteiger partial charge in [-0.25, -0.2) is 9.78 Å². The van der Waals surface area contributed by atoms with Crippen molar-refractivity contribution >= 4 is 17.0 Å². The van der Waals surface area contributed by atoms with Crippen LogP contribution in [-0.4, -0.2) is 20.6 Å². The van der Waals surface area contributed by atoms with Crippen LogP contribution in [-0.2, 0) is 0 Å². The summed E-state index contributed by atoms with van der Waals surface area (Å²) in [6, 6.07) is 8.78. The van der Waals surface area contributed by atoms with Crippen LogP contribution in [0.2, 0.25) is 0 Å². The number of fused-ring (bicyclic) bond motifs is 1. The lowest BCUT2D eigenvalue weighted by Crippen LogP contribution is -2.08. The van der Waals surface area contributed by atoms with Crippen molar-refractivity contribution in [2.45, 2.75) is 26.8 Å². The minimum atomic E-state index is -0.941. The Balaban J connectivity index is 2.18. The van der Waals surface area contributed by atoms with E-state index in [0.717, 1.165) is 28.4 Å². The fraction of sp³-hybridized carbons (Fsp3) is 0.250. The number of carboxylic acids is 1. The highest BCUT2D eigenvalue weighted by molar-refractivity contribution is 5.92. The normalized spacial score (nSPS) is 12.7. The van der Waals surface area contributed by atoms with Crippen molar-refractivity contribution in [3.05, 3.63) is 53.2 Å². The summed E-state index contributed by atoms with van der Waals surface area (Å²) in [4.78, 5) is 15.7. The molecule has 0 saturated carbocycles. The number of imidazole rings is 1. The molecule has 108 valence electrons. The average molecular weight is 284 g/mol. The second-order valence-corrected chi connectivity index (χ2v) is 5.16. The van der Waals surface area contributed by atoms with Crippen LogP contribution in [0, 0.1) is 13.8 Å². The molecule has 2 heterocycles. The lowest BCUT2D eigenvalue weighted by Gasteiger charge is -2.14. The first-order chi connectivity index (χ1) is 9.97. The highest BCUT2D eigenvalue weighted by atomic mass is 16.4. The molecule has 0 aliphatic heterocycles. The minimum Gasteiger partial charge on any atom is -0.478 e. The fourth-order valence-corrected chi connectivity index (χ4v) is 2.64. The Labute approximate surface area is 121 Å². The second-order valence-electron chi connectivity index (χ2n) is 5.16. The number of carboxylic acid groups (broad SMARTS) is 1. The minimum absolute atomic E-state index is 0.0484. The van der Waals surface area contributed by atoms with Crippen molar-refractivity contribution in [1.29, 1.82) is 0 Å². The highest BCUT2D eigenvalue weighted by Crippen LogP contribution is 2.27. The molecule has 1 N–H and O–H groups in total. The van der Waals surface area contributed by atoms with Gasteiger partial charge in [-0.15, -0.1) is 0 Å². The van der Waals surface area contributed by atoms with Gasteiger partial charge in [0.25, 0.3) is 0 Å². The van der Waals surface area contributed by atoms with Crippen LogP contribution in [0.15, 0.2) is 34.7 Å². The summed E-state index contributed by atoms with van der Waals surface area (Å²) in [5.41, 5.74) is 1.84. The van der Waals surface area contributed by atoms with E-state index in [2.05, 4.69) is 4.98 Å². The molecule has 0 radical (unpaired) electrons. The van der Waals surface area contributed by atoms with E-state index in [0.29, 0.717) is 0 Å². The van der Waals surface area contributed by atoms with Gasteiger partial charge in [0.15, 0.2) is 0 Å². The maximum absolute atomic E-state index is 11.2. The number of rotatable bonds is 3. The lowest BCUT2D eigenvalue weighted by molar-refractivity contribution is 0.0697. The smallest absolute Gasteiger partial charge is 0.335 e. The number of aryl methyl sites for hydroxylation is 2. The zero-order valence-corrected chi connectivity index (χ0v) is 12.1. The van der Waals surface area contributed by atoms with Gasteiger partial charge < -0.3 is 14.1 Å². The molecule has 5 heteroatoms. The number of furan rings is 1. The van der Waals surface area contributed by atoms with Gasteiger partial charge in [-0.2, -0.15) is 0 Å². The molecule has 3 aromatic rings. The first-order valence-electron chi connectivity index (χ1n) is 6.75. The summed E-state index contributed by atoms with van der Waals surface area (Å²) in [7, 11) is 0. The SMILES string of the molecule is Cc1ccc(C(C)n2c(C)nc3ccc(C(=O)O)cc32)o1. The zero-order valence-electron chi connectivity index (χ0n) is 12.1. The molecule has 2 aromatic heterocycles. The molecule has 0 aliphatic rings. The summed E-state index contributed by atoms with van der Waals surface area (Å²) >= 11 is 0.